The average Bonchev–Trinajstić information content (AvgIpc) is 3.48. The van der Waals surface area contributed by atoms with Crippen LogP contribution in [-0.4, -0.2) is 0 Å². The molecule has 2 aromatic heterocycles. The number of benzene rings is 5. The standard InChI is InChI=1S/C33H22BrNO2/c1-33(2)24-16-15-23-21-9-4-6-13-29(21)37-32(23)30(24)35(26-17-14-19(34)18-25(26)33)27-11-7-10-22-20-8-3-5-12-28(20)36-31(22)27/h3-18H,1-2H3. The number of hydrogen-bond donors (Lipinski definition) is 0. The molecule has 7 aromatic rings. The second-order valence-electron chi connectivity index (χ2n) is 10.3. The van der Waals surface area contributed by atoms with Crippen molar-refractivity contribution in [2.45, 2.75) is 19.3 Å². The summed E-state index contributed by atoms with van der Waals surface area (Å²) >= 11 is 3.73. The number of hydrogen-bond acceptors (Lipinski definition) is 3. The highest BCUT2D eigenvalue weighted by molar-refractivity contribution is 9.10. The summed E-state index contributed by atoms with van der Waals surface area (Å²) in [5.74, 6) is 0. The minimum Gasteiger partial charge on any atom is -0.454 e. The van der Waals surface area contributed by atoms with Crippen molar-refractivity contribution in [2.75, 3.05) is 4.90 Å². The summed E-state index contributed by atoms with van der Waals surface area (Å²) < 4.78 is 14.2. The largest absolute Gasteiger partial charge is 0.454 e. The van der Waals surface area contributed by atoms with Gasteiger partial charge in [-0.25, -0.2) is 0 Å². The molecule has 0 fully saturated rings. The minimum absolute atomic E-state index is 0.236. The molecular weight excluding hydrogens is 522 g/mol. The highest BCUT2D eigenvalue weighted by atomic mass is 79.9. The lowest BCUT2D eigenvalue weighted by Gasteiger charge is -2.41. The Hall–Kier alpha value is -4.02. The average molecular weight is 544 g/mol. The Morgan fingerprint density at radius 1 is 0.595 bits per heavy atom. The molecule has 37 heavy (non-hydrogen) atoms. The summed E-state index contributed by atoms with van der Waals surface area (Å²) in [7, 11) is 0. The van der Waals surface area contributed by atoms with E-state index in [1.807, 2.05) is 24.3 Å². The van der Waals surface area contributed by atoms with Crippen LogP contribution in [0.3, 0.4) is 0 Å². The van der Waals surface area contributed by atoms with Gasteiger partial charge in [0.1, 0.15) is 11.2 Å². The molecule has 0 spiro atoms. The molecule has 178 valence electrons. The van der Waals surface area contributed by atoms with Crippen LogP contribution >= 0.6 is 15.9 Å². The molecule has 0 saturated carbocycles. The normalized spacial score (nSPS) is 14.5. The van der Waals surface area contributed by atoms with Crippen LogP contribution in [-0.2, 0) is 5.41 Å². The van der Waals surface area contributed by atoms with Gasteiger partial charge in [-0.1, -0.05) is 90.4 Å². The summed E-state index contributed by atoms with van der Waals surface area (Å²) in [6.45, 7) is 4.59. The third-order valence-corrected chi connectivity index (χ3v) is 8.41. The van der Waals surface area contributed by atoms with Gasteiger partial charge < -0.3 is 13.7 Å². The van der Waals surface area contributed by atoms with Gasteiger partial charge in [-0.05, 0) is 47.5 Å². The van der Waals surface area contributed by atoms with Crippen LogP contribution in [0.2, 0.25) is 0 Å². The first-order valence-corrected chi connectivity index (χ1v) is 13.3. The Bertz CT molecular complexity index is 2050. The highest BCUT2D eigenvalue weighted by Gasteiger charge is 2.40. The third kappa shape index (κ3) is 2.76. The van der Waals surface area contributed by atoms with Crippen molar-refractivity contribution in [3.05, 3.63) is 113 Å². The van der Waals surface area contributed by atoms with E-state index in [0.717, 1.165) is 65.4 Å². The van der Waals surface area contributed by atoms with E-state index >= 15 is 0 Å². The van der Waals surface area contributed by atoms with Crippen LogP contribution in [0.15, 0.2) is 110 Å². The maximum Gasteiger partial charge on any atom is 0.159 e. The van der Waals surface area contributed by atoms with Crippen molar-refractivity contribution in [1.29, 1.82) is 0 Å². The highest BCUT2D eigenvalue weighted by Crippen LogP contribution is 2.56. The number of halogens is 1. The van der Waals surface area contributed by atoms with Gasteiger partial charge in [-0.2, -0.15) is 0 Å². The van der Waals surface area contributed by atoms with E-state index in [1.54, 1.807) is 0 Å². The van der Waals surface area contributed by atoms with E-state index in [1.165, 1.54) is 11.1 Å². The van der Waals surface area contributed by atoms with Crippen molar-refractivity contribution in [3.8, 4) is 0 Å². The number of anilines is 3. The van der Waals surface area contributed by atoms with Crippen LogP contribution in [0.5, 0.6) is 0 Å². The molecule has 0 atom stereocenters. The molecule has 8 rings (SSSR count). The van der Waals surface area contributed by atoms with Crippen LogP contribution in [0, 0.1) is 0 Å². The fourth-order valence-electron chi connectivity index (χ4n) is 6.13. The van der Waals surface area contributed by atoms with Crippen LogP contribution < -0.4 is 4.90 Å². The molecule has 0 N–H and O–H groups in total. The summed E-state index contributed by atoms with van der Waals surface area (Å²) in [5, 5.41) is 4.47. The summed E-state index contributed by atoms with van der Waals surface area (Å²) in [6.07, 6.45) is 0. The smallest absolute Gasteiger partial charge is 0.159 e. The topological polar surface area (TPSA) is 29.5 Å². The van der Waals surface area contributed by atoms with Crippen molar-refractivity contribution in [2.24, 2.45) is 0 Å². The molecule has 0 amide bonds. The lowest BCUT2D eigenvalue weighted by Crippen LogP contribution is -2.30. The molecule has 3 heterocycles. The SMILES string of the molecule is CC1(C)c2cc(Br)ccc2N(c2cccc3c2oc2ccccc23)c2c1ccc1c2oc2ccccc21. The molecule has 5 aromatic carbocycles. The van der Waals surface area contributed by atoms with E-state index in [2.05, 4.69) is 107 Å². The maximum absolute atomic E-state index is 6.62. The van der Waals surface area contributed by atoms with Crippen molar-refractivity contribution in [1.82, 2.24) is 0 Å². The number of para-hydroxylation sites is 3. The van der Waals surface area contributed by atoms with E-state index in [0.29, 0.717) is 0 Å². The van der Waals surface area contributed by atoms with Gasteiger partial charge in [0.15, 0.2) is 11.2 Å². The molecule has 0 saturated heterocycles. The quantitative estimate of drug-likeness (QED) is 0.206. The zero-order chi connectivity index (χ0) is 24.9. The van der Waals surface area contributed by atoms with Crippen LogP contribution in [0.4, 0.5) is 17.1 Å². The molecule has 0 radical (unpaired) electrons. The number of rotatable bonds is 1. The lowest BCUT2D eigenvalue weighted by atomic mass is 9.73. The van der Waals surface area contributed by atoms with Gasteiger partial charge in [-0.3, -0.25) is 0 Å². The van der Waals surface area contributed by atoms with Gasteiger partial charge in [0.25, 0.3) is 0 Å². The van der Waals surface area contributed by atoms with Gasteiger partial charge in [0.05, 0.1) is 17.1 Å². The first-order chi connectivity index (χ1) is 18.0. The van der Waals surface area contributed by atoms with Gasteiger partial charge in [-0.15, -0.1) is 0 Å². The molecule has 3 nitrogen and oxygen atoms in total. The number of nitrogens with zero attached hydrogens (tertiary/aromatic N) is 1. The molecule has 1 aliphatic rings. The van der Waals surface area contributed by atoms with Crippen LogP contribution in [0.1, 0.15) is 25.0 Å². The molecule has 0 unspecified atom stereocenters. The van der Waals surface area contributed by atoms with Gasteiger partial charge in [0, 0.05) is 31.4 Å². The second kappa shape index (κ2) is 7.27. The summed E-state index contributed by atoms with van der Waals surface area (Å²) in [6, 6.07) is 34.0. The van der Waals surface area contributed by atoms with E-state index < -0.39 is 0 Å². The Labute approximate surface area is 222 Å². The fraction of sp³-hybridized carbons (Fsp3) is 0.0909. The van der Waals surface area contributed by atoms with E-state index in [-0.39, 0.29) is 5.41 Å². The van der Waals surface area contributed by atoms with Gasteiger partial charge in [0.2, 0.25) is 0 Å². The Morgan fingerprint density at radius 3 is 2.00 bits per heavy atom. The van der Waals surface area contributed by atoms with Crippen molar-refractivity contribution >= 4 is 76.9 Å². The fourth-order valence-corrected chi connectivity index (χ4v) is 6.49. The Kier molecular flexibility index (Phi) is 4.15. The Morgan fingerprint density at radius 2 is 1.24 bits per heavy atom. The first-order valence-electron chi connectivity index (χ1n) is 12.5. The van der Waals surface area contributed by atoms with Crippen LogP contribution in [0.25, 0.3) is 43.9 Å². The molecule has 1 aliphatic heterocycles. The van der Waals surface area contributed by atoms with E-state index in [9.17, 15) is 0 Å². The maximum atomic E-state index is 6.62. The van der Waals surface area contributed by atoms with E-state index in [4.69, 9.17) is 8.83 Å². The predicted molar refractivity (Wildman–Crippen MR) is 156 cm³/mol. The summed E-state index contributed by atoms with van der Waals surface area (Å²) in [4.78, 5) is 2.35. The summed E-state index contributed by atoms with van der Waals surface area (Å²) in [5.41, 5.74) is 8.98. The monoisotopic (exact) mass is 543 g/mol. The van der Waals surface area contributed by atoms with Gasteiger partial charge >= 0.3 is 0 Å². The molecule has 0 aliphatic carbocycles. The predicted octanol–water partition coefficient (Wildman–Crippen LogP) is 10.4. The molecular formula is C33H22BrNO2. The van der Waals surface area contributed by atoms with Crippen molar-refractivity contribution < 1.29 is 8.83 Å². The minimum atomic E-state index is -0.236. The molecule has 4 heteroatoms. The number of furan rings is 2. The third-order valence-electron chi connectivity index (χ3n) is 7.91. The first kappa shape index (κ1) is 21.1. The zero-order valence-electron chi connectivity index (χ0n) is 20.4. The molecule has 0 bridgehead atoms. The Balaban J connectivity index is 1.55. The second-order valence-corrected chi connectivity index (χ2v) is 11.2. The zero-order valence-corrected chi connectivity index (χ0v) is 22.0. The van der Waals surface area contributed by atoms with Crippen molar-refractivity contribution in [3.63, 3.8) is 0 Å². The number of fused-ring (bicyclic) bond motifs is 9. The lowest BCUT2D eigenvalue weighted by molar-refractivity contribution is 0.622.